The predicted octanol–water partition coefficient (Wildman–Crippen LogP) is 2.75. The van der Waals surface area contributed by atoms with E-state index in [-0.39, 0.29) is 24.5 Å². The summed E-state index contributed by atoms with van der Waals surface area (Å²) in [6.07, 6.45) is 0.382. The maximum absolute atomic E-state index is 13.2. The van der Waals surface area contributed by atoms with Gasteiger partial charge in [-0.1, -0.05) is 17.3 Å². The second-order valence-electron chi connectivity index (χ2n) is 6.72. The fourth-order valence-electron chi connectivity index (χ4n) is 3.55. The van der Waals surface area contributed by atoms with Gasteiger partial charge in [0.1, 0.15) is 12.9 Å². The SMILES string of the molecule is [2H]C([2H])([2H])Oc1cc(C(=O)N2C/C(=N/OC)C[C@H]2CO)ccc1-c1cccc(C#N)c1C. The highest BCUT2D eigenvalue weighted by molar-refractivity contribution is 6.01. The predicted molar refractivity (Wildman–Crippen MR) is 109 cm³/mol. The lowest BCUT2D eigenvalue weighted by molar-refractivity contribution is 0.0680. The molecular weight excluding hydrogens is 370 g/mol. The molecule has 0 saturated carbocycles. The molecule has 1 aliphatic rings. The van der Waals surface area contributed by atoms with Crippen LogP contribution < -0.4 is 4.74 Å². The van der Waals surface area contributed by atoms with E-state index < -0.39 is 19.0 Å². The third-order valence-electron chi connectivity index (χ3n) is 5.04. The quantitative estimate of drug-likeness (QED) is 0.784. The van der Waals surface area contributed by atoms with Crippen molar-refractivity contribution in [3.05, 3.63) is 53.1 Å². The Kier molecular flexibility index (Phi) is 5.00. The number of carbonyl (C=O) groups excluding carboxylic acids is 1. The number of hydrogen-bond acceptors (Lipinski definition) is 6. The van der Waals surface area contributed by atoms with Gasteiger partial charge in [0.2, 0.25) is 0 Å². The van der Waals surface area contributed by atoms with Crippen LogP contribution in [-0.4, -0.2) is 55.0 Å². The molecule has 0 unspecified atom stereocenters. The summed E-state index contributed by atoms with van der Waals surface area (Å²) in [5.74, 6) is -0.394. The Labute approximate surface area is 174 Å². The molecule has 0 bridgehead atoms. The highest BCUT2D eigenvalue weighted by Gasteiger charge is 2.33. The topological polar surface area (TPSA) is 95.2 Å². The molecule has 1 N–H and O–H groups in total. The molecule has 1 aliphatic heterocycles. The van der Waals surface area contributed by atoms with Crippen molar-refractivity contribution in [1.29, 1.82) is 5.26 Å². The molecule has 29 heavy (non-hydrogen) atoms. The lowest BCUT2D eigenvalue weighted by Crippen LogP contribution is -2.37. The summed E-state index contributed by atoms with van der Waals surface area (Å²) in [6, 6.07) is 11.3. The van der Waals surface area contributed by atoms with Gasteiger partial charge in [-0.05, 0) is 42.3 Å². The number of benzene rings is 2. The average Bonchev–Trinajstić information content (AvgIpc) is 3.16. The normalized spacial score (nSPS) is 19.2. The molecule has 7 nitrogen and oxygen atoms in total. The Morgan fingerprint density at radius 3 is 2.93 bits per heavy atom. The monoisotopic (exact) mass is 396 g/mol. The Bertz CT molecular complexity index is 1090. The molecule has 1 saturated heterocycles. The standard InChI is InChI=1S/C22H23N3O4/c1-14-16(11-23)5-4-6-19(14)20-8-7-15(9-21(20)28-2)22(27)25-12-17(24-29-3)10-18(25)13-26/h4-9,18,26H,10,12-13H2,1-3H3/b24-17+/t18-/m0/s1/i2D3. The van der Waals surface area contributed by atoms with Crippen molar-refractivity contribution in [2.24, 2.45) is 5.16 Å². The number of ether oxygens (including phenoxy) is 1. The molecular formula is C22H23N3O4. The van der Waals surface area contributed by atoms with E-state index in [9.17, 15) is 15.2 Å². The summed E-state index contributed by atoms with van der Waals surface area (Å²) < 4.78 is 27.9. The highest BCUT2D eigenvalue weighted by atomic mass is 16.6. The number of methoxy groups -OCH3 is 1. The van der Waals surface area contributed by atoms with Gasteiger partial charge in [-0.15, -0.1) is 0 Å². The van der Waals surface area contributed by atoms with E-state index in [1.165, 1.54) is 18.1 Å². The molecule has 3 rings (SSSR count). The summed E-state index contributed by atoms with van der Waals surface area (Å²) >= 11 is 0. The van der Waals surface area contributed by atoms with Crippen LogP contribution in [0.3, 0.4) is 0 Å². The smallest absolute Gasteiger partial charge is 0.254 e. The van der Waals surface area contributed by atoms with E-state index in [1.54, 1.807) is 37.3 Å². The van der Waals surface area contributed by atoms with Crippen LogP contribution in [0.2, 0.25) is 0 Å². The van der Waals surface area contributed by atoms with Gasteiger partial charge in [0.15, 0.2) is 0 Å². The molecule has 0 aliphatic carbocycles. The molecule has 2 aromatic carbocycles. The van der Waals surface area contributed by atoms with Gasteiger partial charge >= 0.3 is 0 Å². The molecule has 1 amide bonds. The largest absolute Gasteiger partial charge is 0.496 e. The molecule has 0 radical (unpaired) electrons. The summed E-state index contributed by atoms with van der Waals surface area (Å²) in [5, 5.41) is 22.9. The van der Waals surface area contributed by atoms with E-state index in [0.717, 1.165) is 0 Å². The van der Waals surface area contributed by atoms with Crippen LogP contribution >= 0.6 is 0 Å². The maximum atomic E-state index is 13.2. The third-order valence-corrected chi connectivity index (χ3v) is 5.04. The lowest BCUT2D eigenvalue weighted by Gasteiger charge is -2.23. The lowest BCUT2D eigenvalue weighted by atomic mass is 9.95. The zero-order chi connectivity index (χ0) is 23.5. The first-order chi connectivity index (χ1) is 15.2. The Hall–Kier alpha value is -3.37. The van der Waals surface area contributed by atoms with Crippen LogP contribution in [0.1, 0.15) is 32.0 Å². The number of carbonyl (C=O) groups is 1. The summed E-state index contributed by atoms with van der Waals surface area (Å²) in [5.41, 5.74) is 3.04. The number of amides is 1. The highest BCUT2D eigenvalue weighted by Crippen LogP contribution is 2.34. The molecule has 0 aromatic heterocycles. The molecule has 1 fully saturated rings. The summed E-state index contributed by atoms with van der Waals surface area (Å²) in [7, 11) is -1.33. The minimum absolute atomic E-state index is 0.000401. The molecule has 2 aromatic rings. The Morgan fingerprint density at radius 2 is 2.24 bits per heavy atom. The average molecular weight is 396 g/mol. The summed E-state index contributed by atoms with van der Waals surface area (Å²) in [4.78, 5) is 19.4. The van der Waals surface area contributed by atoms with Crippen LogP contribution in [0.15, 0.2) is 41.6 Å². The maximum Gasteiger partial charge on any atom is 0.254 e. The number of nitriles is 1. The zero-order valence-electron chi connectivity index (χ0n) is 19.2. The van der Waals surface area contributed by atoms with Crippen LogP contribution in [0.4, 0.5) is 0 Å². The van der Waals surface area contributed by atoms with Crippen molar-refractivity contribution in [1.82, 2.24) is 4.90 Å². The minimum Gasteiger partial charge on any atom is -0.496 e. The first-order valence-corrected chi connectivity index (χ1v) is 9.02. The van der Waals surface area contributed by atoms with Crippen molar-refractivity contribution in [2.75, 3.05) is 27.3 Å². The van der Waals surface area contributed by atoms with Gasteiger partial charge in [-0.2, -0.15) is 5.26 Å². The first kappa shape index (κ1) is 16.6. The van der Waals surface area contributed by atoms with Crippen molar-refractivity contribution in [2.45, 2.75) is 19.4 Å². The number of aliphatic hydroxyl groups is 1. The van der Waals surface area contributed by atoms with Gasteiger partial charge in [0, 0.05) is 17.5 Å². The van der Waals surface area contributed by atoms with Gasteiger partial charge in [0.25, 0.3) is 5.91 Å². The molecule has 150 valence electrons. The zero-order valence-corrected chi connectivity index (χ0v) is 16.2. The van der Waals surface area contributed by atoms with Crippen LogP contribution in [0.25, 0.3) is 11.1 Å². The van der Waals surface area contributed by atoms with Crippen LogP contribution in [0.5, 0.6) is 5.75 Å². The van der Waals surface area contributed by atoms with E-state index in [0.29, 0.717) is 34.4 Å². The Morgan fingerprint density at radius 1 is 1.41 bits per heavy atom. The molecule has 7 heteroatoms. The van der Waals surface area contributed by atoms with Crippen LogP contribution in [0, 0.1) is 18.3 Å². The first-order valence-electron chi connectivity index (χ1n) is 10.5. The Balaban J connectivity index is 2.05. The van der Waals surface area contributed by atoms with Crippen molar-refractivity contribution in [3.63, 3.8) is 0 Å². The number of rotatable bonds is 5. The van der Waals surface area contributed by atoms with E-state index >= 15 is 0 Å². The van der Waals surface area contributed by atoms with Crippen molar-refractivity contribution >= 4 is 11.6 Å². The van der Waals surface area contributed by atoms with E-state index in [4.69, 9.17) is 13.7 Å². The fourth-order valence-corrected chi connectivity index (χ4v) is 3.55. The van der Waals surface area contributed by atoms with E-state index in [1.807, 2.05) is 0 Å². The number of hydrogen-bond donors (Lipinski definition) is 1. The van der Waals surface area contributed by atoms with Gasteiger partial charge in [-0.25, -0.2) is 0 Å². The number of nitrogens with zero attached hydrogens (tertiary/aromatic N) is 3. The van der Waals surface area contributed by atoms with Crippen LogP contribution in [-0.2, 0) is 4.84 Å². The van der Waals surface area contributed by atoms with E-state index in [2.05, 4.69) is 11.2 Å². The summed E-state index contributed by atoms with van der Waals surface area (Å²) in [6.45, 7) is 1.71. The van der Waals surface area contributed by atoms with Gasteiger partial charge in [0.05, 0.1) is 47.7 Å². The molecule has 1 atom stereocenters. The van der Waals surface area contributed by atoms with Crippen molar-refractivity contribution < 1.29 is 23.6 Å². The van der Waals surface area contributed by atoms with Gasteiger partial charge < -0.3 is 19.6 Å². The minimum atomic E-state index is -2.74. The molecule has 0 spiro atoms. The number of aliphatic hydroxyl groups excluding tert-OH is 1. The van der Waals surface area contributed by atoms with Crippen molar-refractivity contribution in [3.8, 4) is 22.9 Å². The van der Waals surface area contributed by atoms with Gasteiger partial charge in [-0.3, -0.25) is 4.79 Å². The second-order valence-corrected chi connectivity index (χ2v) is 6.72. The fraction of sp³-hybridized carbons (Fsp3) is 0.318. The molecule has 1 heterocycles. The second kappa shape index (κ2) is 8.76. The third kappa shape index (κ3) is 3.93. The number of oxime groups is 1. The number of likely N-dealkylation sites (tertiary alicyclic amines) is 1.